The first-order valence-electron chi connectivity index (χ1n) is 17.5. The molecule has 17 heteroatoms. The fourth-order valence-corrected chi connectivity index (χ4v) is 5.73. The van der Waals surface area contributed by atoms with Gasteiger partial charge in [-0.25, -0.2) is 28.5 Å². The normalized spacial score (nSPS) is 10.1. The Morgan fingerprint density at radius 1 is 0.656 bits per heavy atom. The van der Waals surface area contributed by atoms with Crippen LogP contribution in [-0.2, 0) is 18.0 Å². The van der Waals surface area contributed by atoms with Crippen molar-refractivity contribution in [3.63, 3.8) is 0 Å². The minimum Gasteiger partial charge on any atom is -0.465 e. The van der Waals surface area contributed by atoms with E-state index in [0.29, 0.717) is 39.2 Å². The highest BCUT2D eigenvalue weighted by molar-refractivity contribution is 9.10. The predicted molar refractivity (Wildman–Crippen MR) is 230 cm³/mol. The van der Waals surface area contributed by atoms with E-state index >= 15 is 0 Å². The van der Waals surface area contributed by atoms with E-state index < -0.39 is 11.5 Å². The molecule has 0 radical (unpaired) electrons. The van der Waals surface area contributed by atoms with Crippen molar-refractivity contribution in [1.82, 2.24) is 28.2 Å². The van der Waals surface area contributed by atoms with E-state index in [1.807, 2.05) is 0 Å². The first kappa shape index (κ1) is 44.9. The number of aliphatic hydroxyl groups is 2. The van der Waals surface area contributed by atoms with Crippen molar-refractivity contribution in [2.45, 2.75) is 13.2 Å². The van der Waals surface area contributed by atoms with Gasteiger partial charge in [0.1, 0.15) is 34.1 Å². The minimum atomic E-state index is -0.685. The lowest BCUT2D eigenvalue weighted by molar-refractivity contribution is 0.0598. The zero-order valence-corrected chi connectivity index (χ0v) is 34.8. The van der Waals surface area contributed by atoms with Crippen molar-refractivity contribution in [2.75, 3.05) is 7.11 Å². The number of esters is 1. The maximum absolute atomic E-state index is 13.1. The molecule has 0 aliphatic carbocycles. The number of carbonyl (C=O) groups excluding carboxylic acids is 1. The van der Waals surface area contributed by atoms with E-state index in [0.717, 1.165) is 8.95 Å². The summed E-state index contributed by atoms with van der Waals surface area (Å²) in [5.74, 6) is 6.78. The third-order valence-corrected chi connectivity index (χ3v) is 9.09. The highest BCUT2D eigenvalue weighted by Gasteiger charge is 2.13. The quantitative estimate of drug-likeness (QED) is 0.165. The molecule has 6 aromatic heterocycles. The summed E-state index contributed by atoms with van der Waals surface area (Å²) in [4.78, 5) is 58.9. The molecular formula is C44H30Br2F2N6O7. The van der Waals surface area contributed by atoms with Crippen molar-refractivity contribution in [3.8, 4) is 24.2 Å². The molecule has 0 bridgehead atoms. The number of benzene rings is 2. The molecule has 0 atom stereocenters. The summed E-state index contributed by atoms with van der Waals surface area (Å²) in [6.07, 6.45) is 13.7. The lowest BCUT2D eigenvalue weighted by Crippen LogP contribution is -2.23. The lowest BCUT2D eigenvalue weighted by Gasteiger charge is -2.02. The van der Waals surface area contributed by atoms with Gasteiger partial charge in [-0.2, -0.15) is 0 Å². The molecule has 306 valence electrons. The van der Waals surface area contributed by atoms with Gasteiger partial charge in [0.2, 0.25) is 0 Å². The van der Waals surface area contributed by atoms with Gasteiger partial charge in [-0.1, -0.05) is 61.8 Å². The van der Waals surface area contributed by atoms with Crippen LogP contribution in [0.3, 0.4) is 0 Å². The van der Waals surface area contributed by atoms with Crippen LogP contribution in [0.5, 0.6) is 0 Å². The Bertz CT molecular complexity index is 3190. The second-order valence-corrected chi connectivity index (χ2v) is 14.0. The van der Waals surface area contributed by atoms with Crippen LogP contribution in [0.15, 0.2) is 145 Å². The molecule has 0 fully saturated rings. The Labute approximate surface area is 361 Å². The molecule has 0 saturated heterocycles. The van der Waals surface area contributed by atoms with Crippen molar-refractivity contribution >= 4 is 54.8 Å². The molecule has 8 rings (SSSR count). The number of ether oxygens (including phenoxy) is 1. The highest BCUT2D eigenvalue weighted by atomic mass is 79.9. The Kier molecular flexibility index (Phi) is 15.6. The average Bonchev–Trinajstić information content (AvgIpc) is 3.26. The van der Waals surface area contributed by atoms with E-state index in [1.165, 1.54) is 63.2 Å². The van der Waals surface area contributed by atoms with Gasteiger partial charge in [0.25, 0.3) is 16.7 Å². The number of rotatable bonds is 3. The van der Waals surface area contributed by atoms with E-state index in [1.54, 1.807) is 79.3 Å². The molecule has 0 aliphatic heterocycles. The van der Waals surface area contributed by atoms with Crippen LogP contribution in [0.1, 0.15) is 38.2 Å². The lowest BCUT2D eigenvalue weighted by atomic mass is 10.2. The van der Waals surface area contributed by atoms with Gasteiger partial charge in [-0.05, 0) is 72.8 Å². The fourth-order valence-electron chi connectivity index (χ4n) is 5.08. The second kappa shape index (κ2) is 21.2. The smallest absolute Gasteiger partial charge is 0.345 e. The molecular weight excluding hydrogens is 922 g/mol. The molecule has 0 aliphatic rings. The number of fused-ring (bicyclic) bond motifs is 3. The van der Waals surface area contributed by atoms with Crippen molar-refractivity contribution < 1.29 is 28.5 Å². The molecule has 8 aromatic rings. The van der Waals surface area contributed by atoms with E-state index in [9.17, 15) is 28.0 Å². The number of aromatic nitrogens is 6. The predicted octanol–water partition coefficient (Wildman–Crippen LogP) is 5.73. The summed E-state index contributed by atoms with van der Waals surface area (Å²) in [5, 5.41) is 17.9. The summed E-state index contributed by atoms with van der Waals surface area (Å²) >= 11 is 6.56. The van der Waals surface area contributed by atoms with Crippen LogP contribution in [0.25, 0.3) is 16.9 Å². The number of methoxy groups -OCH3 is 1. The maximum Gasteiger partial charge on any atom is 0.345 e. The Balaban J connectivity index is 0.000000161. The van der Waals surface area contributed by atoms with Gasteiger partial charge >= 0.3 is 5.97 Å². The van der Waals surface area contributed by atoms with Gasteiger partial charge in [-0.15, -0.1) is 6.42 Å². The van der Waals surface area contributed by atoms with Gasteiger partial charge in [0.05, 0.1) is 31.5 Å². The number of nitrogens with zero attached hydrogens (tertiary/aromatic N) is 6. The molecule has 0 unspecified atom stereocenters. The highest BCUT2D eigenvalue weighted by Crippen LogP contribution is 2.12. The summed E-state index contributed by atoms with van der Waals surface area (Å²) in [6.45, 7) is -0.638. The fraction of sp³-hybridized carbons (Fsp3) is 0.0682. The standard InChI is InChI=1S/C17H11FN2O2.C10H7BrN2O3.C9H7BrN2O2.C8H5F/c18-15-3-1-2-12(8-15)4-5-13-6-7-20-16(9-13)19-10-14(11-21)17(20)22;1-16-10(15)7-5-12-8-4-6(11)2-3-13(8)9(7)14;10-7-1-2-12-8(3-7)11-4-6(5-13)9(12)14;1-2-7-4-3-5-8(9)6-7/h1-3,6-10,21H,11H2;2-5H,1H3;1-4,13H,5H2;1,3-6H. The van der Waals surface area contributed by atoms with E-state index in [-0.39, 0.29) is 47.1 Å². The van der Waals surface area contributed by atoms with Crippen LogP contribution >= 0.6 is 31.9 Å². The second-order valence-electron chi connectivity index (χ2n) is 12.2. The van der Waals surface area contributed by atoms with Crippen molar-refractivity contribution in [3.05, 3.63) is 207 Å². The number of hydrogen-bond acceptors (Lipinski definition) is 10. The number of hydrogen-bond donors (Lipinski definition) is 2. The SMILES string of the molecule is C#Cc1cccc(F)c1.COC(=O)c1cnc2cc(Br)ccn2c1=O.O=c1c(CO)cnc2cc(Br)ccn12.O=c1c(CO)cnc2cc(C#Cc3cccc(F)c3)ccn12. The summed E-state index contributed by atoms with van der Waals surface area (Å²) < 4.78 is 35.5. The number of carbonyl (C=O) groups is 1. The third-order valence-electron chi connectivity index (χ3n) is 8.11. The van der Waals surface area contributed by atoms with Gasteiger partial charge < -0.3 is 14.9 Å². The monoisotopic (exact) mass is 950 g/mol. The van der Waals surface area contributed by atoms with Crippen LogP contribution in [0.4, 0.5) is 8.78 Å². The molecule has 0 saturated carbocycles. The average molecular weight is 953 g/mol. The molecule has 0 spiro atoms. The number of pyridine rings is 3. The number of terminal acetylenes is 1. The van der Waals surface area contributed by atoms with Crippen LogP contribution < -0.4 is 16.7 Å². The number of halogens is 4. The Morgan fingerprint density at radius 2 is 1.10 bits per heavy atom. The van der Waals surface area contributed by atoms with Crippen LogP contribution in [0.2, 0.25) is 0 Å². The molecule has 6 heterocycles. The van der Waals surface area contributed by atoms with Crippen LogP contribution in [0, 0.1) is 35.8 Å². The van der Waals surface area contributed by atoms with Gasteiger partial charge in [0, 0.05) is 62.8 Å². The summed E-state index contributed by atoms with van der Waals surface area (Å²) in [7, 11) is 1.22. The topological polar surface area (TPSA) is 170 Å². The first-order chi connectivity index (χ1) is 29.3. The zero-order valence-electron chi connectivity index (χ0n) is 31.7. The van der Waals surface area contributed by atoms with Crippen molar-refractivity contribution in [1.29, 1.82) is 0 Å². The largest absolute Gasteiger partial charge is 0.465 e. The van der Waals surface area contributed by atoms with E-state index in [2.05, 4.69) is 69.3 Å². The van der Waals surface area contributed by atoms with Gasteiger partial charge in [0.15, 0.2) is 0 Å². The number of aliphatic hydroxyl groups excluding tert-OH is 2. The Hall–Kier alpha value is -7.15. The first-order valence-corrected chi connectivity index (χ1v) is 19.1. The summed E-state index contributed by atoms with van der Waals surface area (Å²) in [5.41, 5.74) is 2.74. The van der Waals surface area contributed by atoms with Gasteiger partial charge in [-0.3, -0.25) is 27.6 Å². The van der Waals surface area contributed by atoms with Crippen LogP contribution in [-0.4, -0.2) is 51.4 Å². The van der Waals surface area contributed by atoms with E-state index in [4.69, 9.17) is 16.6 Å². The third kappa shape index (κ3) is 11.7. The molecule has 2 N–H and O–H groups in total. The maximum atomic E-state index is 13.1. The molecule has 2 aromatic carbocycles. The Morgan fingerprint density at radius 3 is 1.57 bits per heavy atom. The molecule has 13 nitrogen and oxygen atoms in total. The molecule has 0 amide bonds. The minimum absolute atomic E-state index is 0.0812. The van der Waals surface area contributed by atoms with Crippen molar-refractivity contribution in [2.24, 2.45) is 0 Å². The zero-order chi connectivity index (χ0) is 44.1. The summed E-state index contributed by atoms with van der Waals surface area (Å²) in [6, 6.07) is 22.2. The molecule has 61 heavy (non-hydrogen) atoms.